The number of carbonyl (C=O) groups is 1. The molecule has 2 unspecified atom stereocenters. The summed E-state index contributed by atoms with van der Waals surface area (Å²) in [5, 5.41) is 0. The van der Waals surface area contributed by atoms with E-state index in [1.807, 2.05) is 6.92 Å². The second kappa shape index (κ2) is 12.1. The first-order chi connectivity index (χ1) is 14.3. The highest BCUT2D eigenvalue weighted by atomic mass is 16.5. The Balaban J connectivity index is 1.90. The predicted molar refractivity (Wildman–Crippen MR) is 124 cm³/mol. The van der Waals surface area contributed by atoms with E-state index < -0.39 is 0 Å². The minimum Gasteiger partial charge on any atom is -0.452 e. The lowest BCUT2D eigenvalue weighted by Crippen LogP contribution is -2.36. The molecule has 0 aliphatic carbocycles. The van der Waals surface area contributed by atoms with Crippen molar-refractivity contribution in [1.82, 2.24) is 4.90 Å². The number of allylic oxidation sites excluding steroid dienone is 5. The molecule has 0 aromatic carbocycles. The van der Waals surface area contributed by atoms with Crippen molar-refractivity contribution >= 4 is 5.97 Å². The summed E-state index contributed by atoms with van der Waals surface area (Å²) in [6.07, 6.45) is 14.1. The molecule has 1 fully saturated rings. The van der Waals surface area contributed by atoms with E-state index in [-0.39, 0.29) is 12.1 Å². The van der Waals surface area contributed by atoms with Crippen LogP contribution in [-0.4, -0.2) is 43.3 Å². The average Bonchev–Trinajstić information content (AvgIpc) is 3.24. The van der Waals surface area contributed by atoms with Crippen molar-refractivity contribution in [2.75, 3.05) is 20.3 Å². The molecule has 0 radical (unpaired) electrons. The molecule has 168 valence electrons. The number of cyclic esters (lactones) is 1. The molecule has 2 rings (SSSR count). The lowest BCUT2D eigenvalue weighted by molar-refractivity contribution is -0.139. The molecule has 0 amide bonds. The van der Waals surface area contributed by atoms with Gasteiger partial charge >= 0.3 is 5.97 Å². The van der Waals surface area contributed by atoms with Crippen LogP contribution in [0.5, 0.6) is 0 Å². The summed E-state index contributed by atoms with van der Waals surface area (Å²) in [6, 6.07) is 0.349. The highest BCUT2D eigenvalue weighted by molar-refractivity contribution is 5.91. The zero-order valence-electron chi connectivity index (χ0n) is 19.9. The molecule has 0 aromatic rings. The van der Waals surface area contributed by atoms with Gasteiger partial charge in [0.2, 0.25) is 0 Å². The molecular formula is C26H41NO3. The van der Waals surface area contributed by atoms with Gasteiger partial charge in [0.05, 0.1) is 23.9 Å². The fraction of sp³-hybridized carbons (Fsp3) is 0.654. The van der Waals surface area contributed by atoms with Crippen molar-refractivity contribution in [2.45, 2.75) is 91.7 Å². The highest BCUT2D eigenvalue weighted by Gasteiger charge is 2.38. The first kappa shape index (κ1) is 24.5. The Morgan fingerprint density at radius 2 is 1.77 bits per heavy atom. The lowest BCUT2D eigenvalue weighted by atomic mass is 10.0. The maximum Gasteiger partial charge on any atom is 0.336 e. The fourth-order valence-electron chi connectivity index (χ4n) is 4.35. The summed E-state index contributed by atoms with van der Waals surface area (Å²) in [6.45, 7) is 12.3. The number of ether oxygens (including phenoxy) is 2. The van der Waals surface area contributed by atoms with Gasteiger partial charge in [-0.15, -0.1) is 0 Å². The summed E-state index contributed by atoms with van der Waals surface area (Å²) in [5.74, 6) is -0.168. The van der Waals surface area contributed by atoms with Crippen LogP contribution in [0.15, 0.2) is 46.2 Å². The van der Waals surface area contributed by atoms with Gasteiger partial charge in [0.25, 0.3) is 0 Å². The van der Waals surface area contributed by atoms with Crippen LogP contribution in [-0.2, 0) is 14.3 Å². The van der Waals surface area contributed by atoms with Gasteiger partial charge < -0.3 is 14.4 Å². The van der Waals surface area contributed by atoms with Gasteiger partial charge in [-0.3, -0.25) is 0 Å². The fourth-order valence-corrected chi connectivity index (χ4v) is 4.35. The first-order valence-corrected chi connectivity index (χ1v) is 11.5. The second-order valence-corrected chi connectivity index (χ2v) is 9.04. The van der Waals surface area contributed by atoms with Crippen molar-refractivity contribution in [3.63, 3.8) is 0 Å². The molecule has 2 aliphatic heterocycles. The number of methoxy groups -OCH3 is 1. The van der Waals surface area contributed by atoms with E-state index in [4.69, 9.17) is 9.47 Å². The predicted octanol–water partition coefficient (Wildman–Crippen LogP) is 6.11. The third kappa shape index (κ3) is 7.16. The number of likely N-dealkylation sites (tertiary alicyclic amines) is 1. The smallest absolute Gasteiger partial charge is 0.336 e. The largest absolute Gasteiger partial charge is 0.452 e. The van der Waals surface area contributed by atoms with Crippen LogP contribution in [0.4, 0.5) is 0 Å². The second-order valence-electron chi connectivity index (χ2n) is 9.04. The van der Waals surface area contributed by atoms with Crippen molar-refractivity contribution in [3.05, 3.63) is 46.2 Å². The maximum atomic E-state index is 12.3. The molecule has 0 spiro atoms. The number of nitrogens with zero attached hydrogens (tertiary/aromatic N) is 1. The van der Waals surface area contributed by atoms with Crippen LogP contribution in [0.2, 0.25) is 0 Å². The van der Waals surface area contributed by atoms with Crippen molar-refractivity contribution in [1.29, 1.82) is 0 Å². The topological polar surface area (TPSA) is 38.8 Å². The standard InChI is InChI=1S/C26H41NO3/c1-19(2)10-7-11-20(3)12-8-13-21(4)15-16-24-25(22(5)26(28)30-24)27-17-9-14-23(27)18-29-6/h10,12,15,23-24H,7-9,11,13-14,16-18H2,1-6H3/b20-12+,21-15+. The molecule has 1 saturated heterocycles. The summed E-state index contributed by atoms with van der Waals surface area (Å²) >= 11 is 0. The quantitative estimate of drug-likeness (QED) is 0.302. The Bertz CT molecular complexity index is 710. The number of hydrogen-bond acceptors (Lipinski definition) is 4. The van der Waals surface area contributed by atoms with Crippen LogP contribution in [0.25, 0.3) is 0 Å². The van der Waals surface area contributed by atoms with Crippen LogP contribution >= 0.6 is 0 Å². The van der Waals surface area contributed by atoms with Crippen LogP contribution < -0.4 is 0 Å². The average molecular weight is 416 g/mol. The highest BCUT2D eigenvalue weighted by Crippen LogP contribution is 2.34. The van der Waals surface area contributed by atoms with E-state index in [0.717, 1.165) is 62.8 Å². The van der Waals surface area contributed by atoms with E-state index in [2.05, 4.69) is 50.8 Å². The van der Waals surface area contributed by atoms with Gasteiger partial charge in [-0.1, -0.05) is 34.9 Å². The number of rotatable bonds is 11. The number of carbonyl (C=O) groups excluding carboxylic acids is 1. The van der Waals surface area contributed by atoms with Gasteiger partial charge in [-0.05, 0) is 73.1 Å². The van der Waals surface area contributed by atoms with Gasteiger partial charge in [0.1, 0.15) is 6.10 Å². The molecule has 2 aliphatic rings. The van der Waals surface area contributed by atoms with Gasteiger partial charge in [0.15, 0.2) is 0 Å². The van der Waals surface area contributed by atoms with Gasteiger partial charge in [-0.2, -0.15) is 0 Å². The van der Waals surface area contributed by atoms with Gasteiger partial charge in [-0.25, -0.2) is 4.79 Å². The molecule has 2 heterocycles. The Morgan fingerprint density at radius 1 is 1.10 bits per heavy atom. The first-order valence-electron chi connectivity index (χ1n) is 11.5. The molecule has 4 nitrogen and oxygen atoms in total. The monoisotopic (exact) mass is 415 g/mol. The van der Waals surface area contributed by atoms with Crippen molar-refractivity contribution in [2.24, 2.45) is 0 Å². The van der Waals surface area contributed by atoms with E-state index in [0.29, 0.717) is 12.6 Å². The van der Waals surface area contributed by atoms with Crippen molar-refractivity contribution in [3.8, 4) is 0 Å². The summed E-state index contributed by atoms with van der Waals surface area (Å²) in [7, 11) is 1.75. The van der Waals surface area contributed by atoms with Gasteiger partial charge in [0, 0.05) is 20.1 Å². The van der Waals surface area contributed by atoms with E-state index in [1.54, 1.807) is 7.11 Å². The van der Waals surface area contributed by atoms with E-state index in [9.17, 15) is 4.79 Å². The summed E-state index contributed by atoms with van der Waals surface area (Å²) in [4.78, 5) is 14.6. The number of hydrogen-bond donors (Lipinski definition) is 0. The Labute approximate surface area is 183 Å². The Hall–Kier alpha value is -1.81. The molecular weight excluding hydrogens is 374 g/mol. The third-order valence-corrected chi connectivity index (χ3v) is 6.09. The zero-order valence-corrected chi connectivity index (χ0v) is 19.9. The Kier molecular flexibility index (Phi) is 9.90. The minimum atomic E-state index is -0.168. The molecule has 0 aromatic heterocycles. The SMILES string of the molecule is COCC1CCCN1C1=C(C)C(=O)OC1C/C=C(\C)CC/C=C(\C)CCC=C(C)C. The molecule has 0 saturated carbocycles. The molecule has 4 heteroatoms. The Morgan fingerprint density at radius 3 is 2.43 bits per heavy atom. The minimum absolute atomic E-state index is 0.161. The molecule has 2 atom stereocenters. The van der Waals surface area contributed by atoms with Crippen LogP contribution in [0.3, 0.4) is 0 Å². The maximum absolute atomic E-state index is 12.3. The number of esters is 1. The molecule has 30 heavy (non-hydrogen) atoms. The van der Waals surface area contributed by atoms with Crippen LogP contribution in [0, 0.1) is 0 Å². The van der Waals surface area contributed by atoms with E-state index in [1.165, 1.54) is 16.7 Å². The molecule has 0 N–H and O–H groups in total. The third-order valence-electron chi connectivity index (χ3n) is 6.09. The van der Waals surface area contributed by atoms with E-state index >= 15 is 0 Å². The summed E-state index contributed by atoms with van der Waals surface area (Å²) in [5.41, 5.74) is 6.06. The zero-order chi connectivity index (χ0) is 22.1. The summed E-state index contributed by atoms with van der Waals surface area (Å²) < 4.78 is 11.1. The lowest BCUT2D eigenvalue weighted by Gasteiger charge is -2.30. The van der Waals surface area contributed by atoms with Crippen LogP contribution in [0.1, 0.15) is 79.6 Å². The van der Waals surface area contributed by atoms with Crippen molar-refractivity contribution < 1.29 is 14.3 Å². The molecule has 0 bridgehead atoms. The normalized spacial score (nSPS) is 22.7.